The third-order valence-electron chi connectivity index (χ3n) is 7.30. The summed E-state index contributed by atoms with van der Waals surface area (Å²) in [5, 5.41) is 14.5. The number of hydrogen-bond donors (Lipinski definition) is 4. The van der Waals surface area contributed by atoms with E-state index in [2.05, 4.69) is 15.4 Å². The smallest absolute Gasteiger partial charge is 0.345 e. The zero-order valence-electron chi connectivity index (χ0n) is 22.7. The van der Waals surface area contributed by atoms with Crippen molar-refractivity contribution in [3.05, 3.63) is 69.9 Å². The Morgan fingerprint density at radius 2 is 1.84 bits per heavy atom. The van der Waals surface area contributed by atoms with Gasteiger partial charge in [-0.1, -0.05) is 18.2 Å². The number of ether oxygens (including phenoxy) is 1. The molecule has 3 heterocycles. The molecule has 2 aromatic carbocycles. The summed E-state index contributed by atoms with van der Waals surface area (Å²) < 4.78 is 56.2. The SMILES string of the molecule is C[C@@H](NC(=O)[C@@H]1C[C@@H](OC(F)F)CN1C(=O)CNC(=O)c1ccc2c(c1)-c1ccccc1S2(=O)=O)c1cc(C(=N)N)cs1. The van der Waals surface area contributed by atoms with Crippen molar-refractivity contribution in [2.75, 3.05) is 13.1 Å². The van der Waals surface area contributed by atoms with Crippen LogP contribution in [0.4, 0.5) is 8.78 Å². The summed E-state index contributed by atoms with van der Waals surface area (Å²) in [5.41, 5.74) is 6.95. The molecule has 3 atom stereocenters. The van der Waals surface area contributed by atoms with Crippen molar-refractivity contribution in [1.82, 2.24) is 15.5 Å². The number of thiophene rings is 1. The number of benzene rings is 2. The number of amidine groups is 1. The van der Waals surface area contributed by atoms with E-state index >= 15 is 0 Å². The van der Waals surface area contributed by atoms with E-state index in [1.807, 2.05) is 0 Å². The van der Waals surface area contributed by atoms with Gasteiger partial charge >= 0.3 is 6.61 Å². The van der Waals surface area contributed by atoms with E-state index in [1.165, 1.54) is 35.6 Å². The predicted octanol–water partition coefficient (Wildman–Crippen LogP) is 2.66. The number of carbonyl (C=O) groups is 3. The Morgan fingerprint density at radius 3 is 2.53 bits per heavy atom. The topological polar surface area (TPSA) is 172 Å². The van der Waals surface area contributed by atoms with Crippen LogP contribution in [0, 0.1) is 5.41 Å². The number of nitrogen functional groups attached to an aromatic ring is 1. The predicted molar refractivity (Wildman–Crippen MR) is 153 cm³/mol. The molecule has 226 valence electrons. The Bertz CT molecular complexity index is 1730. The van der Waals surface area contributed by atoms with Gasteiger partial charge in [0.2, 0.25) is 21.7 Å². The van der Waals surface area contributed by atoms with Gasteiger partial charge in [0.1, 0.15) is 11.9 Å². The number of carbonyl (C=O) groups excluding carboxylic acids is 3. The molecule has 0 radical (unpaired) electrons. The van der Waals surface area contributed by atoms with Crippen molar-refractivity contribution in [2.24, 2.45) is 5.73 Å². The summed E-state index contributed by atoms with van der Waals surface area (Å²) in [6, 6.07) is 10.5. The molecule has 0 bridgehead atoms. The Labute approximate surface area is 249 Å². The maximum absolute atomic E-state index is 13.2. The fourth-order valence-corrected chi connectivity index (χ4v) is 7.77. The lowest BCUT2D eigenvalue weighted by Crippen LogP contribution is -2.49. The number of nitrogens with one attached hydrogen (secondary N) is 3. The Hall–Kier alpha value is -4.21. The van der Waals surface area contributed by atoms with E-state index in [0.29, 0.717) is 21.6 Å². The fraction of sp³-hybridized carbons (Fsp3) is 0.286. The number of fused-ring (bicyclic) bond motifs is 3. The molecular weight excluding hydrogens is 604 g/mol. The Morgan fingerprint density at radius 1 is 1.12 bits per heavy atom. The van der Waals surface area contributed by atoms with Crippen LogP contribution in [-0.4, -0.2) is 68.7 Å². The third kappa shape index (κ3) is 6.00. The number of sulfone groups is 1. The van der Waals surface area contributed by atoms with Crippen molar-refractivity contribution in [2.45, 2.75) is 47.9 Å². The third-order valence-corrected chi connectivity index (χ3v) is 10.3. The van der Waals surface area contributed by atoms with E-state index in [4.69, 9.17) is 11.1 Å². The van der Waals surface area contributed by atoms with E-state index in [0.717, 1.165) is 4.90 Å². The molecule has 3 aromatic rings. The second-order valence-corrected chi connectivity index (χ2v) is 12.9. The zero-order valence-corrected chi connectivity index (χ0v) is 24.3. The summed E-state index contributed by atoms with van der Waals surface area (Å²) in [4.78, 5) is 41.3. The number of amides is 3. The van der Waals surface area contributed by atoms with E-state index < -0.39 is 58.9 Å². The highest BCUT2D eigenvalue weighted by Gasteiger charge is 2.41. The monoisotopic (exact) mass is 631 g/mol. The van der Waals surface area contributed by atoms with Gasteiger partial charge in [0.05, 0.1) is 28.5 Å². The standard InChI is InChI=1S/C28H27F2N5O6S2/c1-14(21-9-16(13-42-21)25(31)32)34-27(38)20-10-17(41-28(29)30)12-35(20)24(36)11-33-26(37)15-6-7-23-19(8-15)18-4-2-3-5-22(18)43(23,39)40/h2-9,13-14,17,20,28H,10-12H2,1H3,(H3,31,32)(H,33,37)(H,34,38)/t14-,17-,20+/m1/s1. The Balaban J connectivity index is 1.27. The average molecular weight is 632 g/mol. The molecule has 15 heteroatoms. The van der Waals surface area contributed by atoms with E-state index in [-0.39, 0.29) is 34.2 Å². The van der Waals surface area contributed by atoms with Crippen LogP contribution in [0.25, 0.3) is 11.1 Å². The molecule has 43 heavy (non-hydrogen) atoms. The molecule has 5 rings (SSSR count). The fourth-order valence-electron chi connectivity index (χ4n) is 5.19. The highest BCUT2D eigenvalue weighted by molar-refractivity contribution is 7.92. The lowest BCUT2D eigenvalue weighted by Gasteiger charge is -2.25. The largest absolute Gasteiger partial charge is 0.384 e. The zero-order chi connectivity index (χ0) is 31.1. The second kappa shape index (κ2) is 11.8. The first-order chi connectivity index (χ1) is 20.4. The number of hydrogen-bond acceptors (Lipinski definition) is 8. The van der Waals surface area contributed by atoms with Gasteiger partial charge in [0.15, 0.2) is 0 Å². The maximum Gasteiger partial charge on any atom is 0.345 e. The molecular formula is C28H27F2N5O6S2. The number of nitrogens with zero attached hydrogens (tertiary/aromatic N) is 1. The quantitative estimate of drug-likeness (QED) is 0.162. The number of nitrogens with two attached hydrogens (primary N) is 1. The minimum absolute atomic E-state index is 0.0756. The van der Waals surface area contributed by atoms with Crippen molar-refractivity contribution < 1.29 is 36.3 Å². The summed E-state index contributed by atoms with van der Waals surface area (Å²) in [6.07, 6.45) is -1.28. The van der Waals surface area contributed by atoms with Crippen LogP contribution in [0.3, 0.4) is 0 Å². The summed E-state index contributed by atoms with van der Waals surface area (Å²) in [7, 11) is -3.71. The van der Waals surface area contributed by atoms with Gasteiger partial charge in [-0.05, 0) is 37.3 Å². The molecule has 2 aliphatic rings. The van der Waals surface area contributed by atoms with Crippen LogP contribution in [0.1, 0.15) is 40.2 Å². The van der Waals surface area contributed by atoms with Gasteiger partial charge in [0, 0.05) is 45.5 Å². The van der Waals surface area contributed by atoms with Crippen LogP contribution >= 0.6 is 11.3 Å². The van der Waals surface area contributed by atoms with Crippen molar-refractivity contribution in [1.29, 1.82) is 5.41 Å². The second-order valence-electron chi connectivity index (χ2n) is 10.1. The number of rotatable bonds is 9. The van der Waals surface area contributed by atoms with E-state index in [9.17, 15) is 31.6 Å². The van der Waals surface area contributed by atoms with Crippen LogP contribution in [0.5, 0.6) is 0 Å². The molecule has 5 N–H and O–H groups in total. The van der Waals surface area contributed by atoms with E-state index in [1.54, 1.807) is 36.6 Å². The van der Waals surface area contributed by atoms with Crippen LogP contribution in [0.2, 0.25) is 0 Å². The molecule has 3 amide bonds. The van der Waals surface area contributed by atoms with Crippen LogP contribution in [0.15, 0.2) is 63.7 Å². The molecule has 0 unspecified atom stereocenters. The first-order valence-corrected chi connectivity index (χ1v) is 15.5. The van der Waals surface area contributed by atoms with Gasteiger partial charge in [-0.3, -0.25) is 19.8 Å². The highest BCUT2D eigenvalue weighted by Crippen LogP contribution is 2.43. The minimum Gasteiger partial charge on any atom is -0.384 e. The Kier molecular flexibility index (Phi) is 8.31. The van der Waals surface area contributed by atoms with Gasteiger partial charge in [-0.15, -0.1) is 11.3 Å². The molecule has 0 aliphatic carbocycles. The van der Waals surface area contributed by atoms with Gasteiger partial charge in [-0.2, -0.15) is 8.78 Å². The van der Waals surface area contributed by atoms with Gasteiger partial charge in [-0.25, -0.2) is 8.42 Å². The molecule has 1 fully saturated rings. The summed E-state index contributed by atoms with van der Waals surface area (Å²) in [6.45, 7) is -2.24. The maximum atomic E-state index is 13.2. The first-order valence-electron chi connectivity index (χ1n) is 13.1. The van der Waals surface area contributed by atoms with Crippen LogP contribution in [-0.2, 0) is 24.2 Å². The molecule has 0 saturated carbocycles. The molecule has 11 nitrogen and oxygen atoms in total. The first kappa shape index (κ1) is 30.3. The molecule has 1 saturated heterocycles. The number of likely N-dealkylation sites (tertiary alicyclic amines) is 1. The molecule has 2 aliphatic heterocycles. The van der Waals surface area contributed by atoms with Crippen molar-refractivity contribution >= 4 is 44.7 Å². The highest BCUT2D eigenvalue weighted by atomic mass is 32.2. The lowest BCUT2D eigenvalue weighted by molar-refractivity contribution is -0.160. The van der Waals surface area contributed by atoms with Crippen molar-refractivity contribution in [3.63, 3.8) is 0 Å². The normalized spacial score (nSPS) is 19.0. The van der Waals surface area contributed by atoms with Gasteiger partial charge < -0.3 is 26.0 Å². The van der Waals surface area contributed by atoms with Crippen molar-refractivity contribution in [3.8, 4) is 11.1 Å². The summed E-state index contributed by atoms with van der Waals surface area (Å²) in [5.74, 6) is -2.07. The van der Waals surface area contributed by atoms with Crippen LogP contribution < -0.4 is 16.4 Å². The number of alkyl halides is 2. The molecule has 0 spiro atoms. The van der Waals surface area contributed by atoms with Gasteiger partial charge in [0.25, 0.3) is 5.91 Å². The number of halogens is 2. The minimum atomic E-state index is -3.71. The summed E-state index contributed by atoms with van der Waals surface area (Å²) >= 11 is 1.28. The molecule has 1 aromatic heterocycles. The average Bonchev–Trinajstić information content (AvgIpc) is 3.68. The lowest BCUT2D eigenvalue weighted by atomic mass is 10.0.